The third-order valence-electron chi connectivity index (χ3n) is 3.69. The van der Waals surface area contributed by atoms with Crippen molar-refractivity contribution >= 4 is 23.4 Å². The molecule has 1 aromatic carbocycles. The molecule has 0 bridgehead atoms. The molecular formula is C18H25ClN2O. The standard InChI is InChI=1S/C18H25ClN2O/c1-21(2)11-6-12-22-20-18-10-4-3-8-16(18)13-15-7-5-9-17(19)14-15/h5,7,9,13-14H,3-4,6,8,10-12H2,1-2H3. The summed E-state index contributed by atoms with van der Waals surface area (Å²) in [5.41, 5.74) is 3.50. The number of nitrogens with zero attached hydrogens (tertiary/aromatic N) is 2. The van der Waals surface area contributed by atoms with Gasteiger partial charge < -0.3 is 9.74 Å². The van der Waals surface area contributed by atoms with Crippen molar-refractivity contribution in [3.8, 4) is 0 Å². The number of halogens is 1. The van der Waals surface area contributed by atoms with Crippen LogP contribution in [0.4, 0.5) is 0 Å². The smallest absolute Gasteiger partial charge is 0.118 e. The van der Waals surface area contributed by atoms with Crippen LogP contribution in [0, 0.1) is 0 Å². The van der Waals surface area contributed by atoms with E-state index in [0.29, 0.717) is 6.61 Å². The lowest BCUT2D eigenvalue weighted by atomic mass is 9.91. The Kier molecular flexibility index (Phi) is 6.94. The van der Waals surface area contributed by atoms with Crippen LogP contribution in [0.1, 0.15) is 37.7 Å². The molecule has 0 amide bonds. The summed E-state index contributed by atoms with van der Waals surface area (Å²) in [6, 6.07) is 7.93. The average molecular weight is 321 g/mol. The largest absolute Gasteiger partial charge is 0.396 e. The van der Waals surface area contributed by atoms with Gasteiger partial charge in [-0.3, -0.25) is 0 Å². The van der Waals surface area contributed by atoms with Gasteiger partial charge in [-0.1, -0.05) is 28.9 Å². The molecule has 1 aliphatic rings. The zero-order valence-electron chi connectivity index (χ0n) is 13.5. The fraction of sp³-hybridized carbons (Fsp3) is 0.500. The van der Waals surface area contributed by atoms with Crippen molar-refractivity contribution in [1.29, 1.82) is 0 Å². The van der Waals surface area contributed by atoms with Crippen molar-refractivity contribution in [1.82, 2.24) is 4.90 Å². The molecular weight excluding hydrogens is 296 g/mol. The highest BCUT2D eigenvalue weighted by molar-refractivity contribution is 6.30. The molecule has 0 unspecified atom stereocenters. The minimum Gasteiger partial charge on any atom is -0.396 e. The van der Waals surface area contributed by atoms with Crippen LogP contribution in [-0.2, 0) is 4.84 Å². The molecule has 1 aromatic rings. The maximum Gasteiger partial charge on any atom is 0.118 e. The molecule has 0 radical (unpaired) electrons. The summed E-state index contributed by atoms with van der Waals surface area (Å²) in [4.78, 5) is 7.66. The van der Waals surface area contributed by atoms with Gasteiger partial charge in [0.1, 0.15) is 6.61 Å². The van der Waals surface area contributed by atoms with Crippen molar-refractivity contribution in [2.24, 2.45) is 5.16 Å². The molecule has 0 aromatic heterocycles. The zero-order chi connectivity index (χ0) is 15.8. The van der Waals surface area contributed by atoms with Crippen LogP contribution in [0.25, 0.3) is 6.08 Å². The minimum absolute atomic E-state index is 0.673. The van der Waals surface area contributed by atoms with E-state index in [2.05, 4.69) is 36.3 Å². The van der Waals surface area contributed by atoms with E-state index in [9.17, 15) is 0 Å². The van der Waals surface area contributed by atoms with Gasteiger partial charge in [0.2, 0.25) is 0 Å². The molecule has 22 heavy (non-hydrogen) atoms. The van der Waals surface area contributed by atoms with E-state index in [1.54, 1.807) is 0 Å². The Morgan fingerprint density at radius 1 is 1.27 bits per heavy atom. The number of benzene rings is 1. The first-order valence-electron chi connectivity index (χ1n) is 7.95. The average Bonchev–Trinajstić information content (AvgIpc) is 2.48. The van der Waals surface area contributed by atoms with Gasteiger partial charge in [0.15, 0.2) is 0 Å². The van der Waals surface area contributed by atoms with E-state index in [1.807, 2.05) is 18.2 Å². The predicted octanol–water partition coefficient (Wildman–Crippen LogP) is 4.62. The topological polar surface area (TPSA) is 24.8 Å². The Hall–Kier alpha value is -1.32. The molecule has 1 fully saturated rings. The lowest BCUT2D eigenvalue weighted by Crippen LogP contribution is -2.15. The maximum atomic E-state index is 6.05. The van der Waals surface area contributed by atoms with Gasteiger partial charge in [0.25, 0.3) is 0 Å². The fourth-order valence-corrected chi connectivity index (χ4v) is 2.74. The van der Waals surface area contributed by atoms with Gasteiger partial charge in [-0.05, 0) is 75.5 Å². The highest BCUT2D eigenvalue weighted by atomic mass is 35.5. The molecule has 120 valence electrons. The number of rotatable bonds is 6. The Bertz CT molecular complexity index is 538. The van der Waals surface area contributed by atoms with E-state index in [1.165, 1.54) is 18.4 Å². The van der Waals surface area contributed by atoms with Crippen molar-refractivity contribution in [3.63, 3.8) is 0 Å². The third kappa shape index (κ3) is 5.82. The first-order chi connectivity index (χ1) is 10.6. The molecule has 0 saturated heterocycles. The van der Waals surface area contributed by atoms with Crippen LogP contribution < -0.4 is 0 Å². The van der Waals surface area contributed by atoms with Crippen molar-refractivity contribution in [3.05, 3.63) is 40.4 Å². The minimum atomic E-state index is 0.673. The van der Waals surface area contributed by atoms with Crippen LogP contribution in [0.3, 0.4) is 0 Å². The number of oxime groups is 1. The quantitative estimate of drug-likeness (QED) is 0.564. The maximum absolute atomic E-state index is 6.05. The number of allylic oxidation sites excluding steroid dienone is 1. The van der Waals surface area contributed by atoms with Crippen molar-refractivity contribution < 1.29 is 4.84 Å². The van der Waals surface area contributed by atoms with Crippen molar-refractivity contribution in [2.45, 2.75) is 32.1 Å². The predicted molar refractivity (Wildman–Crippen MR) is 94.5 cm³/mol. The zero-order valence-corrected chi connectivity index (χ0v) is 14.3. The molecule has 3 nitrogen and oxygen atoms in total. The third-order valence-corrected chi connectivity index (χ3v) is 3.92. The lowest BCUT2D eigenvalue weighted by Gasteiger charge is -2.17. The Labute approximate surface area is 138 Å². The first-order valence-corrected chi connectivity index (χ1v) is 8.33. The van der Waals surface area contributed by atoms with Gasteiger partial charge in [-0.25, -0.2) is 0 Å². The molecule has 4 heteroatoms. The summed E-state index contributed by atoms with van der Waals surface area (Å²) in [6.07, 6.45) is 7.65. The SMILES string of the molecule is CN(C)CCCON=C1CCCCC1=Cc1cccc(Cl)c1. The van der Waals surface area contributed by atoms with Crippen LogP contribution in [0.5, 0.6) is 0 Å². The summed E-state index contributed by atoms with van der Waals surface area (Å²) in [7, 11) is 4.14. The summed E-state index contributed by atoms with van der Waals surface area (Å²) in [5.74, 6) is 0. The highest BCUT2D eigenvalue weighted by Crippen LogP contribution is 2.24. The normalized spacial score (nSPS) is 19.1. The Balaban J connectivity index is 1.98. The Morgan fingerprint density at radius 3 is 2.86 bits per heavy atom. The van der Waals surface area contributed by atoms with Crippen LogP contribution >= 0.6 is 11.6 Å². The molecule has 0 aliphatic heterocycles. The molecule has 2 rings (SSSR count). The molecule has 0 atom stereocenters. The highest BCUT2D eigenvalue weighted by Gasteiger charge is 2.14. The van der Waals surface area contributed by atoms with E-state index in [4.69, 9.17) is 16.4 Å². The summed E-state index contributed by atoms with van der Waals surface area (Å²) in [6.45, 7) is 1.70. The molecule has 1 aliphatic carbocycles. The van der Waals surface area contributed by atoms with Gasteiger partial charge in [-0.2, -0.15) is 0 Å². The van der Waals surface area contributed by atoms with Crippen molar-refractivity contribution in [2.75, 3.05) is 27.2 Å². The lowest BCUT2D eigenvalue weighted by molar-refractivity contribution is 0.134. The second-order valence-corrected chi connectivity index (χ2v) is 6.40. The van der Waals surface area contributed by atoms with Crippen LogP contribution in [0.15, 0.2) is 35.0 Å². The van der Waals surface area contributed by atoms with Gasteiger partial charge in [0, 0.05) is 11.6 Å². The second kappa shape index (κ2) is 8.96. The Morgan fingerprint density at radius 2 is 2.09 bits per heavy atom. The molecule has 0 spiro atoms. The summed E-state index contributed by atoms with van der Waals surface area (Å²) < 4.78 is 0. The first kappa shape index (κ1) is 17.0. The summed E-state index contributed by atoms with van der Waals surface area (Å²) in [5, 5.41) is 5.14. The molecule has 0 N–H and O–H groups in total. The van der Waals surface area contributed by atoms with E-state index >= 15 is 0 Å². The second-order valence-electron chi connectivity index (χ2n) is 5.96. The molecule has 1 saturated carbocycles. The summed E-state index contributed by atoms with van der Waals surface area (Å²) >= 11 is 6.05. The number of hydrogen-bond donors (Lipinski definition) is 0. The van der Waals surface area contributed by atoms with E-state index in [0.717, 1.165) is 42.1 Å². The van der Waals surface area contributed by atoms with E-state index in [-0.39, 0.29) is 0 Å². The fourth-order valence-electron chi connectivity index (χ4n) is 2.54. The van der Waals surface area contributed by atoms with E-state index < -0.39 is 0 Å². The number of hydrogen-bond acceptors (Lipinski definition) is 3. The van der Waals surface area contributed by atoms with Gasteiger partial charge in [-0.15, -0.1) is 0 Å². The molecule has 0 heterocycles. The monoisotopic (exact) mass is 320 g/mol. The van der Waals surface area contributed by atoms with Crippen LogP contribution in [0.2, 0.25) is 5.02 Å². The van der Waals surface area contributed by atoms with Crippen LogP contribution in [-0.4, -0.2) is 37.9 Å². The van der Waals surface area contributed by atoms with Gasteiger partial charge in [0.05, 0.1) is 5.71 Å². The van der Waals surface area contributed by atoms with Gasteiger partial charge >= 0.3 is 0 Å².